The molecular weight excluding hydrogens is 336 g/mol. The number of aliphatic imine (C=N–C) groups is 1. The van der Waals surface area contributed by atoms with Crippen LogP contribution in [0.25, 0.3) is 0 Å². The molecule has 3 rings (SSSR count). The van der Waals surface area contributed by atoms with Crippen molar-refractivity contribution in [1.29, 1.82) is 0 Å². The molecule has 8 heteroatoms. The van der Waals surface area contributed by atoms with E-state index in [1.165, 1.54) is 0 Å². The average molecular weight is 351 g/mol. The molecule has 2 unspecified atom stereocenters. The minimum atomic E-state index is -0.215. The van der Waals surface area contributed by atoms with Crippen LogP contribution in [0.15, 0.2) is 38.8 Å². The Labute approximate surface area is 130 Å². The third-order valence-electron chi connectivity index (χ3n) is 3.50. The Balaban J connectivity index is 1.63. The summed E-state index contributed by atoms with van der Waals surface area (Å²) in [5, 5.41) is 7.28. The summed E-state index contributed by atoms with van der Waals surface area (Å²) in [7, 11) is 3.49. The van der Waals surface area contributed by atoms with Crippen LogP contribution in [0.5, 0.6) is 0 Å². The van der Waals surface area contributed by atoms with Gasteiger partial charge in [0, 0.05) is 18.6 Å². The second kappa shape index (κ2) is 5.36. The Bertz CT molecular complexity index is 614. The van der Waals surface area contributed by atoms with Gasteiger partial charge < -0.3 is 15.1 Å². The molecule has 2 aliphatic rings. The van der Waals surface area contributed by atoms with Gasteiger partial charge in [-0.2, -0.15) is 5.10 Å². The molecule has 110 valence electrons. The Morgan fingerprint density at radius 2 is 2.05 bits per heavy atom. The smallest absolute Gasteiger partial charge is 0.323 e. The molecule has 7 nitrogen and oxygen atoms in total. The maximum Gasteiger partial charge on any atom is 0.323 e. The lowest BCUT2D eigenvalue weighted by Crippen LogP contribution is -2.45. The number of fused-ring (bicyclic) bond motifs is 1. The van der Waals surface area contributed by atoms with Crippen LogP contribution in [0, 0.1) is 0 Å². The summed E-state index contributed by atoms with van der Waals surface area (Å²) in [5.74, 6) is 0.560. The predicted molar refractivity (Wildman–Crippen MR) is 83.9 cm³/mol. The summed E-state index contributed by atoms with van der Waals surface area (Å²) in [4.78, 5) is 19.4. The van der Waals surface area contributed by atoms with Crippen molar-refractivity contribution in [3.63, 3.8) is 0 Å². The van der Waals surface area contributed by atoms with Crippen LogP contribution < -0.4 is 10.7 Å². The largest absolute Gasteiger partial charge is 0.331 e. The van der Waals surface area contributed by atoms with E-state index in [-0.39, 0.29) is 18.4 Å². The highest BCUT2D eigenvalue weighted by Gasteiger charge is 2.45. The van der Waals surface area contributed by atoms with Gasteiger partial charge in [0.05, 0.1) is 6.21 Å². The van der Waals surface area contributed by atoms with E-state index in [0.717, 1.165) is 10.0 Å². The number of nitrogens with one attached hydrogen (secondary N) is 2. The van der Waals surface area contributed by atoms with Crippen molar-refractivity contribution in [2.45, 2.75) is 12.3 Å². The fraction of sp³-hybridized carbons (Fsp3) is 0.308. The molecule has 2 amide bonds. The van der Waals surface area contributed by atoms with Crippen molar-refractivity contribution >= 4 is 34.1 Å². The van der Waals surface area contributed by atoms with E-state index in [2.05, 4.69) is 36.8 Å². The van der Waals surface area contributed by atoms with E-state index in [1.807, 2.05) is 24.3 Å². The fourth-order valence-electron chi connectivity index (χ4n) is 2.31. The molecule has 2 heterocycles. The number of carbonyl (C=O) groups excluding carboxylic acids is 1. The fourth-order valence-corrected chi connectivity index (χ4v) is 2.57. The highest BCUT2D eigenvalue weighted by atomic mass is 79.9. The van der Waals surface area contributed by atoms with Crippen LogP contribution in [0.2, 0.25) is 0 Å². The number of amides is 2. The molecule has 1 saturated heterocycles. The van der Waals surface area contributed by atoms with Gasteiger partial charge in [0.15, 0.2) is 6.17 Å². The first-order chi connectivity index (χ1) is 10.1. The lowest BCUT2D eigenvalue weighted by atomic mass is 10.2. The van der Waals surface area contributed by atoms with Crippen molar-refractivity contribution in [1.82, 2.24) is 20.5 Å². The molecule has 0 radical (unpaired) electrons. The zero-order valence-corrected chi connectivity index (χ0v) is 13.2. The quantitative estimate of drug-likeness (QED) is 0.616. The van der Waals surface area contributed by atoms with Crippen LogP contribution in [-0.2, 0) is 0 Å². The van der Waals surface area contributed by atoms with Crippen LogP contribution in [-0.4, -0.2) is 54.4 Å². The number of carbonyl (C=O) groups is 1. The highest BCUT2D eigenvalue weighted by molar-refractivity contribution is 9.10. The zero-order valence-electron chi connectivity index (χ0n) is 11.6. The van der Waals surface area contributed by atoms with Gasteiger partial charge in [-0.05, 0) is 17.7 Å². The van der Waals surface area contributed by atoms with Crippen molar-refractivity contribution < 1.29 is 4.79 Å². The molecule has 0 spiro atoms. The van der Waals surface area contributed by atoms with Gasteiger partial charge in [-0.25, -0.2) is 15.2 Å². The van der Waals surface area contributed by atoms with Gasteiger partial charge in [0.1, 0.15) is 6.17 Å². The van der Waals surface area contributed by atoms with Gasteiger partial charge in [-0.3, -0.25) is 0 Å². The molecule has 0 aliphatic carbocycles. The molecular formula is C13H15BrN6O. The van der Waals surface area contributed by atoms with Crippen molar-refractivity contribution in [2.75, 3.05) is 14.1 Å². The van der Waals surface area contributed by atoms with Crippen LogP contribution in [0.1, 0.15) is 5.56 Å². The molecule has 1 aromatic rings. The zero-order chi connectivity index (χ0) is 15.0. The predicted octanol–water partition coefficient (Wildman–Crippen LogP) is 0.981. The maximum atomic E-state index is 11.7. The molecule has 2 atom stereocenters. The monoisotopic (exact) mass is 350 g/mol. The van der Waals surface area contributed by atoms with Crippen molar-refractivity contribution in [3.05, 3.63) is 34.3 Å². The highest BCUT2D eigenvalue weighted by Crippen LogP contribution is 2.22. The molecule has 2 N–H and O–H groups in total. The molecule has 1 aromatic carbocycles. The third-order valence-corrected chi connectivity index (χ3v) is 4.03. The lowest BCUT2D eigenvalue weighted by molar-refractivity contribution is 0.198. The first kappa shape index (κ1) is 13.9. The molecule has 1 fully saturated rings. The average Bonchev–Trinajstić information content (AvgIpc) is 2.98. The molecule has 0 saturated carbocycles. The van der Waals surface area contributed by atoms with Gasteiger partial charge in [-0.15, -0.1) is 0 Å². The standard InChI is InChI=1S/C13H15BrN6O/c1-19-10-11(20(2)13(19)21)17-12(16-10)18-15-7-8-3-5-9(14)6-4-8/h3-7,10-11H,1-2H3,(H2,16,17,18)/b15-7+. The van der Waals surface area contributed by atoms with Gasteiger partial charge in [-0.1, -0.05) is 28.1 Å². The summed E-state index contributed by atoms with van der Waals surface area (Å²) in [6.07, 6.45) is 1.35. The van der Waals surface area contributed by atoms with Crippen LogP contribution in [0.3, 0.4) is 0 Å². The number of urea groups is 1. The summed E-state index contributed by atoms with van der Waals surface area (Å²) >= 11 is 3.39. The van der Waals surface area contributed by atoms with Gasteiger partial charge >= 0.3 is 6.03 Å². The SMILES string of the molecule is CN1C(=O)N(C)C2NC(N/N=C/c3ccc(Br)cc3)=NC21. The van der Waals surface area contributed by atoms with E-state index in [9.17, 15) is 4.79 Å². The number of hydrogen-bond acceptors (Lipinski definition) is 5. The third kappa shape index (κ3) is 2.58. The summed E-state index contributed by atoms with van der Waals surface area (Å²) in [6, 6.07) is 7.76. The van der Waals surface area contributed by atoms with E-state index in [0.29, 0.717) is 5.96 Å². The number of rotatable bonds is 2. The first-order valence-corrected chi connectivity index (χ1v) is 7.24. The Kier molecular flexibility index (Phi) is 3.54. The topological polar surface area (TPSA) is 72.3 Å². The lowest BCUT2D eigenvalue weighted by Gasteiger charge is -2.16. The van der Waals surface area contributed by atoms with Crippen LogP contribution in [0.4, 0.5) is 4.79 Å². The summed E-state index contributed by atoms with van der Waals surface area (Å²) in [5.41, 5.74) is 3.84. The van der Waals surface area contributed by atoms with Crippen molar-refractivity contribution in [2.24, 2.45) is 10.1 Å². The second-order valence-electron chi connectivity index (χ2n) is 4.91. The van der Waals surface area contributed by atoms with E-state index >= 15 is 0 Å². The molecule has 0 aromatic heterocycles. The minimum absolute atomic E-state index is 0.0429. The number of likely N-dealkylation sites (N-methyl/N-ethyl adjacent to an activating group) is 2. The number of benzene rings is 1. The van der Waals surface area contributed by atoms with Gasteiger partial charge in [0.25, 0.3) is 0 Å². The number of guanidine groups is 1. The number of hydrazone groups is 1. The Morgan fingerprint density at radius 3 is 2.71 bits per heavy atom. The van der Waals surface area contributed by atoms with Gasteiger partial charge in [0.2, 0.25) is 5.96 Å². The van der Waals surface area contributed by atoms with Crippen LogP contribution >= 0.6 is 15.9 Å². The second-order valence-corrected chi connectivity index (χ2v) is 5.82. The number of hydrogen-bond donors (Lipinski definition) is 2. The maximum absolute atomic E-state index is 11.7. The Hall–Kier alpha value is -2.09. The summed E-state index contributed by atoms with van der Waals surface area (Å²) in [6.45, 7) is 0. The number of halogens is 1. The van der Waals surface area contributed by atoms with E-state index < -0.39 is 0 Å². The Morgan fingerprint density at radius 1 is 1.33 bits per heavy atom. The normalized spacial score (nSPS) is 24.3. The minimum Gasteiger partial charge on any atom is -0.331 e. The number of nitrogens with zero attached hydrogens (tertiary/aromatic N) is 4. The molecule has 0 bridgehead atoms. The summed E-state index contributed by atoms with van der Waals surface area (Å²) < 4.78 is 1.03. The molecule has 21 heavy (non-hydrogen) atoms. The van der Waals surface area contributed by atoms with E-state index in [4.69, 9.17) is 0 Å². The molecule has 2 aliphatic heterocycles. The van der Waals surface area contributed by atoms with Crippen molar-refractivity contribution in [3.8, 4) is 0 Å². The van der Waals surface area contributed by atoms with E-state index in [1.54, 1.807) is 30.1 Å². The first-order valence-electron chi connectivity index (χ1n) is 6.45.